The van der Waals surface area contributed by atoms with E-state index in [-0.39, 0.29) is 36.1 Å². The van der Waals surface area contributed by atoms with E-state index >= 15 is 0 Å². The van der Waals surface area contributed by atoms with Gasteiger partial charge in [0.25, 0.3) is 0 Å². The Morgan fingerprint density at radius 2 is 1.95 bits per heavy atom. The summed E-state index contributed by atoms with van der Waals surface area (Å²) in [6.45, 7) is 9.77. The zero-order valence-electron chi connectivity index (χ0n) is 13.4. The number of rotatable bonds is 4. The maximum Gasteiger partial charge on any atom is 0.317 e. The normalized spacial score (nSPS) is 28.1. The number of ether oxygens (including phenoxy) is 1. The van der Waals surface area contributed by atoms with Gasteiger partial charge in [0.1, 0.15) is 0 Å². The largest absolute Gasteiger partial charge is 0.370 e. The smallest absolute Gasteiger partial charge is 0.317 e. The van der Waals surface area contributed by atoms with Crippen molar-refractivity contribution >= 4 is 11.9 Å². The standard InChI is InChI=1S/C15H27N3O3/c1-9(2)6-16-14(19)12-5-11-7-18(8-13(12)21-11)15(20)17-10(3)4/h9-13H,5-8H2,1-4H3,(H,16,19)(H,17,20)/t11-,12+,13-/m0/s1. The predicted molar refractivity (Wildman–Crippen MR) is 79.9 cm³/mol. The van der Waals surface area contributed by atoms with Gasteiger partial charge in [0, 0.05) is 25.7 Å². The van der Waals surface area contributed by atoms with Gasteiger partial charge in [0.2, 0.25) is 5.91 Å². The van der Waals surface area contributed by atoms with Crippen LogP contribution in [0.1, 0.15) is 34.1 Å². The number of urea groups is 1. The summed E-state index contributed by atoms with van der Waals surface area (Å²) in [4.78, 5) is 26.1. The zero-order valence-corrected chi connectivity index (χ0v) is 13.4. The van der Waals surface area contributed by atoms with Gasteiger partial charge in [0.15, 0.2) is 0 Å². The van der Waals surface area contributed by atoms with Gasteiger partial charge in [-0.25, -0.2) is 4.79 Å². The molecule has 3 atom stereocenters. The van der Waals surface area contributed by atoms with Crippen molar-refractivity contribution in [2.24, 2.45) is 11.8 Å². The molecule has 0 spiro atoms. The molecular formula is C15H27N3O3. The van der Waals surface area contributed by atoms with E-state index in [1.54, 1.807) is 4.90 Å². The summed E-state index contributed by atoms with van der Waals surface area (Å²) >= 11 is 0. The lowest BCUT2D eigenvalue weighted by Crippen LogP contribution is -2.52. The van der Waals surface area contributed by atoms with E-state index in [0.29, 0.717) is 32.0 Å². The second kappa shape index (κ2) is 6.64. The first kappa shape index (κ1) is 16.1. The molecule has 2 bridgehead atoms. The van der Waals surface area contributed by atoms with Gasteiger partial charge in [-0.3, -0.25) is 4.79 Å². The van der Waals surface area contributed by atoms with Crippen LogP contribution in [-0.4, -0.2) is 54.7 Å². The van der Waals surface area contributed by atoms with Crippen LogP contribution in [0.15, 0.2) is 0 Å². The van der Waals surface area contributed by atoms with Crippen LogP contribution in [0.25, 0.3) is 0 Å². The Morgan fingerprint density at radius 1 is 1.24 bits per heavy atom. The van der Waals surface area contributed by atoms with E-state index in [9.17, 15) is 9.59 Å². The Morgan fingerprint density at radius 3 is 2.57 bits per heavy atom. The molecule has 0 aromatic rings. The minimum atomic E-state index is -0.172. The van der Waals surface area contributed by atoms with E-state index in [2.05, 4.69) is 24.5 Å². The fourth-order valence-corrected chi connectivity index (χ4v) is 2.87. The van der Waals surface area contributed by atoms with Crippen LogP contribution in [0.5, 0.6) is 0 Å². The lowest BCUT2D eigenvalue weighted by molar-refractivity contribution is -0.127. The van der Waals surface area contributed by atoms with Gasteiger partial charge >= 0.3 is 6.03 Å². The average molecular weight is 297 g/mol. The van der Waals surface area contributed by atoms with Gasteiger partial charge in [-0.05, 0) is 26.2 Å². The molecule has 21 heavy (non-hydrogen) atoms. The molecule has 0 aliphatic carbocycles. The number of morpholine rings is 1. The number of fused-ring (bicyclic) bond motifs is 2. The summed E-state index contributed by atoms with van der Waals surface area (Å²) in [5, 5.41) is 5.87. The zero-order chi connectivity index (χ0) is 15.6. The van der Waals surface area contributed by atoms with E-state index in [1.165, 1.54) is 0 Å². The molecule has 6 heteroatoms. The Labute approximate surface area is 126 Å². The molecule has 0 radical (unpaired) electrons. The van der Waals surface area contributed by atoms with E-state index in [4.69, 9.17) is 4.74 Å². The van der Waals surface area contributed by atoms with Crippen LogP contribution in [0, 0.1) is 11.8 Å². The topological polar surface area (TPSA) is 70.7 Å². The van der Waals surface area contributed by atoms with Crippen molar-refractivity contribution in [3.63, 3.8) is 0 Å². The van der Waals surface area contributed by atoms with Crippen molar-refractivity contribution in [2.75, 3.05) is 19.6 Å². The molecule has 2 N–H and O–H groups in total. The second-order valence-electron chi connectivity index (χ2n) is 6.79. The molecule has 0 saturated carbocycles. The molecular weight excluding hydrogens is 270 g/mol. The van der Waals surface area contributed by atoms with Crippen molar-refractivity contribution in [2.45, 2.75) is 52.4 Å². The maximum absolute atomic E-state index is 12.2. The minimum Gasteiger partial charge on any atom is -0.370 e. The van der Waals surface area contributed by atoms with Gasteiger partial charge in [-0.15, -0.1) is 0 Å². The van der Waals surface area contributed by atoms with E-state index in [1.807, 2.05) is 13.8 Å². The second-order valence-corrected chi connectivity index (χ2v) is 6.79. The molecule has 2 aliphatic rings. The number of nitrogens with one attached hydrogen (secondary N) is 2. The molecule has 2 fully saturated rings. The van der Waals surface area contributed by atoms with Crippen LogP contribution in [0.3, 0.4) is 0 Å². The fourth-order valence-electron chi connectivity index (χ4n) is 2.87. The molecule has 2 saturated heterocycles. The molecule has 120 valence electrons. The Balaban J connectivity index is 1.90. The summed E-state index contributed by atoms with van der Waals surface area (Å²) in [7, 11) is 0. The Hall–Kier alpha value is -1.30. The highest BCUT2D eigenvalue weighted by Crippen LogP contribution is 2.32. The summed E-state index contributed by atoms with van der Waals surface area (Å²) in [5.74, 6) is 0.358. The third kappa shape index (κ3) is 4.09. The van der Waals surface area contributed by atoms with Crippen molar-refractivity contribution in [3.05, 3.63) is 0 Å². The lowest BCUT2D eigenvalue weighted by atomic mass is 9.99. The average Bonchev–Trinajstić information content (AvgIpc) is 2.69. The molecule has 0 unspecified atom stereocenters. The molecule has 0 aromatic carbocycles. The first-order chi connectivity index (χ1) is 9.86. The lowest BCUT2D eigenvalue weighted by Gasteiger charge is -2.33. The molecule has 2 rings (SSSR count). The Kier molecular flexibility index (Phi) is 5.08. The number of likely N-dealkylation sites (tertiary alicyclic amines) is 1. The number of amides is 3. The summed E-state index contributed by atoms with van der Waals surface area (Å²) in [6.07, 6.45) is 0.519. The van der Waals surface area contributed by atoms with E-state index < -0.39 is 0 Å². The molecule has 3 amide bonds. The summed E-state index contributed by atoms with van der Waals surface area (Å²) in [6, 6.07) is 0.0506. The first-order valence-electron chi connectivity index (χ1n) is 7.85. The van der Waals surface area contributed by atoms with Crippen LogP contribution in [0.2, 0.25) is 0 Å². The predicted octanol–water partition coefficient (Wildman–Crippen LogP) is 0.966. The highest BCUT2D eigenvalue weighted by molar-refractivity contribution is 5.80. The van der Waals surface area contributed by atoms with Gasteiger partial charge in [-0.1, -0.05) is 13.8 Å². The molecule has 6 nitrogen and oxygen atoms in total. The molecule has 2 heterocycles. The number of carbonyl (C=O) groups excluding carboxylic acids is 2. The number of hydrogen-bond acceptors (Lipinski definition) is 3. The highest BCUT2D eigenvalue weighted by atomic mass is 16.5. The minimum absolute atomic E-state index is 0.0172. The van der Waals surface area contributed by atoms with Gasteiger partial charge in [-0.2, -0.15) is 0 Å². The third-order valence-electron chi connectivity index (χ3n) is 3.88. The fraction of sp³-hybridized carbons (Fsp3) is 0.867. The quantitative estimate of drug-likeness (QED) is 0.812. The van der Waals surface area contributed by atoms with Crippen LogP contribution >= 0.6 is 0 Å². The number of nitrogens with zero attached hydrogens (tertiary/aromatic N) is 1. The molecule has 0 aromatic heterocycles. The van der Waals surface area contributed by atoms with E-state index in [0.717, 1.165) is 0 Å². The number of hydrogen-bond donors (Lipinski definition) is 2. The van der Waals surface area contributed by atoms with Crippen molar-refractivity contribution < 1.29 is 14.3 Å². The first-order valence-corrected chi connectivity index (χ1v) is 7.85. The SMILES string of the molecule is CC(C)CNC(=O)[C@@H]1C[C@H]2CN(C(=O)NC(C)C)C[C@@H]1O2. The maximum atomic E-state index is 12.2. The van der Waals surface area contributed by atoms with Gasteiger partial charge in [0.05, 0.1) is 18.1 Å². The third-order valence-corrected chi connectivity index (χ3v) is 3.88. The summed E-state index contributed by atoms with van der Waals surface area (Å²) < 4.78 is 5.84. The van der Waals surface area contributed by atoms with Crippen molar-refractivity contribution in [3.8, 4) is 0 Å². The summed E-state index contributed by atoms with van der Waals surface area (Å²) in [5.41, 5.74) is 0. The monoisotopic (exact) mass is 297 g/mol. The van der Waals surface area contributed by atoms with Crippen molar-refractivity contribution in [1.29, 1.82) is 0 Å². The van der Waals surface area contributed by atoms with Crippen LogP contribution < -0.4 is 10.6 Å². The van der Waals surface area contributed by atoms with Crippen molar-refractivity contribution in [1.82, 2.24) is 15.5 Å². The van der Waals surface area contributed by atoms with Gasteiger partial charge < -0.3 is 20.3 Å². The molecule has 2 aliphatic heterocycles. The Bertz CT molecular complexity index is 398. The number of carbonyl (C=O) groups is 2. The van der Waals surface area contributed by atoms with Crippen LogP contribution in [0.4, 0.5) is 4.79 Å². The van der Waals surface area contributed by atoms with Crippen LogP contribution in [-0.2, 0) is 9.53 Å². The highest BCUT2D eigenvalue weighted by Gasteiger charge is 2.45.